The van der Waals surface area contributed by atoms with Crippen LogP contribution in [0.15, 0.2) is 53.0 Å². The maximum absolute atomic E-state index is 13.5. The summed E-state index contributed by atoms with van der Waals surface area (Å²) in [6, 6.07) is 12.8. The van der Waals surface area contributed by atoms with Crippen LogP contribution in [0.3, 0.4) is 0 Å². The Morgan fingerprint density at radius 1 is 1.09 bits per heavy atom. The van der Waals surface area contributed by atoms with Gasteiger partial charge in [-0.05, 0) is 56.2 Å². The van der Waals surface area contributed by atoms with Crippen molar-refractivity contribution in [1.82, 2.24) is 10.2 Å². The Morgan fingerprint density at radius 3 is 2.21 bits per heavy atom. The van der Waals surface area contributed by atoms with Crippen LogP contribution in [0.4, 0.5) is 5.69 Å². The van der Waals surface area contributed by atoms with Crippen LogP contribution in [-0.4, -0.2) is 50.0 Å². The SMILES string of the molecule is CC[C@@H](C(=O)NC(C)C)N(Cc1ccccc1Cl)C(=O)CN(c1ccc(Br)cc1)S(C)(=O)=O. The minimum atomic E-state index is -3.77. The van der Waals surface area contributed by atoms with Crippen molar-refractivity contribution in [2.45, 2.75) is 45.8 Å². The third-order valence-electron chi connectivity index (χ3n) is 4.91. The molecule has 0 saturated heterocycles. The lowest BCUT2D eigenvalue weighted by Crippen LogP contribution is -2.53. The molecule has 0 aromatic heterocycles. The van der Waals surface area contributed by atoms with Gasteiger partial charge in [-0.15, -0.1) is 0 Å². The number of anilines is 1. The molecule has 10 heteroatoms. The molecule has 0 radical (unpaired) electrons. The fourth-order valence-corrected chi connectivity index (χ4v) is 4.64. The Hall–Kier alpha value is -2.10. The number of carbonyl (C=O) groups is 2. The van der Waals surface area contributed by atoms with Crippen LogP contribution in [0.1, 0.15) is 32.8 Å². The molecule has 0 bridgehead atoms. The van der Waals surface area contributed by atoms with Crippen LogP contribution < -0.4 is 9.62 Å². The first-order valence-electron chi connectivity index (χ1n) is 10.5. The van der Waals surface area contributed by atoms with E-state index in [9.17, 15) is 18.0 Å². The standard InChI is InChI=1S/C23H29BrClN3O4S/c1-5-21(23(30)26-16(2)3)27(14-17-8-6-7-9-20(17)25)22(29)15-28(33(4,31)32)19-12-10-18(24)11-13-19/h6-13,16,21H,5,14-15H2,1-4H3,(H,26,30)/t21-/m0/s1. The molecule has 0 heterocycles. The highest BCUT2D eigenvalue weighted by atomic mass is 79.9. The number of amides is 2. The number of carbonyl (C=O) groups excluding carboxylic acids is 2. The average molecular weight is 559 g/mol. The molecule has 0 spiro atoms. The average Bonchev–Trinajstić information content (AvgIpc) is 2.72. The molecule has 33 heavy (non-hydrogen) atoms. The van der Waals surface area contributed by atoms with Crippen LogP contribution >= 0.6 is 27.5 Å². The van der Waals surface area contributed by atoms with Gasteiger partial charge in [-0.2, -0.15) is 0 Å². The third kappa shape index (κ3) is 7.72. The number of nitrogens with zero attached hydrogens (tertiary/aromatic N) is 2. The Balaban J connectivity index is 2.44. The highest BCUT2D eigenvalue weighted by molar-refractivity contribution is 9.10. The number of halogens is 2. The summed E-state index contributed by atoms with van der Waals surface area (Å²) < 4.78 is 26.9. The number of sulfonamides is 1. The van der Waals surface area contributed by atoms with Crippen LogP contribution in [0.5, 0.6) is 0 Å². The van der Waals surface area contributed by atoms with Gasteiger partial charge in [-0.1, -0.05) is 52.7 Å². The maximum atomic E-state index is 13.5. The van der Waals surface area contributed by atoms with Gasteiger partial charge in [0.05, 0.1) is 11.9 Å². The number of benzene rings is 2. The molecular formula is C23H29BrClN3O4S. The Labute approximate surface area is 209 Å². The van der Waals surface area contributed by atoms with Gasteiger partial charge < -0.3 is 10.2 Å². The van der Waals surface area contributed by atoms with E-state index in [0.717, 1.165) is 15.0 Å². The predicted octanol–water partition coefficient (Wildman–Crippen LogP) is 4.20. The van der Waals surface area contributed by atoms with Crippen LogP contribution in [-0.2, 0) is 26.2 Å². The highest BCUT2D eigenvalue weighted by Gasteiger charge is 2.32. The molecule has 180 valence electrons. The topological polar surface area (TPSA) is 86.8 Å². The first-order chi connectivity index (χ1) is 15.4. The summed E-state index contributed by atoms with van der Waals surface area (Å²) in [6.45, 7) is 5.10. The van der Waals surface area contributed by atoms with Crippen molar-refractivity contribution in [2.24, 2.45) is 0 Å². The van der Waals surface area contributed by atoms with Crippen LogP contribution in [0.2, 0.25) is 5.02 Å². The van der Waals surface area contributed by atoms with E-state index in [1.165, 1.54) is 4.90 Å². The van der Waals surface area contributed by atoms with E-state index in [1.54, 1.807) is 55.5 Å². The molecule has 2 amide bonds. The minimum absolute atomic E-state index is 0.0699. The number of rotatable bonds is 10. The summed E-state index contributed by atoms with van der Waals surface area (Å²) in [7, 11) is -3.77. The summed E-state index contributed by atoms with van der Waals surface area (Å²) in [5.41, 5.74) is 1.02. The molecule has 7 nitrogen and oxygen atoms in total. The Bertz CT molecular complexity index is 1080. The molecule has 0 saturated carbocycles. The zero-order valence-electron chi connectivity index (χ0n) is 19.1. The van der Waals surface area contributed by atoms with Crippen molar-refractivity contribution in [2.75, 3.05) is 17.1 Å². The second-order valence-electron chi connectivity index (χ2n) is 7.95. The van der Waals surface area contributed by atoms with Gasteiger partial charge in [0.25, 0.3) is 0 Å². The zero-order valence-corrected chi connectivity index (χ0v) is 22.2. The Morgan fingerprint density at radius 2 is 1.70 bits per heavy atom. The molecule has 1 atom stereocenters. The fraction of sp³-hybridized carbons (Fsp3) is 0.391. The second kappa shape index (κ2) is 11.9. The van der Waals surface area contributed by atoms with Crippen molar-refractivity contribution < 1.29 is 18.0 Å². The molecule has 0 aliphatic carbocycles. The van der Waals surface area contributed by atoms with E-state index in [0.29, 0.717) is 22.7 Å². The van der Waals surface area contributed by atoms with E-state index in [2.05, 4.69) is 21.2 Å². The Kier molecular flexibility index (Phi) is 9.75. The smallest absolute Gasteiger partial charge is 0.244 e. The van der Waals surface area contributed by atoms with E-state index in [-0.39, 0.29) is 18.5 Å². The first-order valence-corrected chi connectivity index (χ1v) is 13.5. The second-order valence-corrected chi connectivity index (χ2v) is 11.2. The number of nitrogens with one attached hydrogen (secondary N) is 1. The minimum Gasteiger partial charge on any atom is -0.352 e. The molecule has 2 aromatic carbocycles. The molecule has 1 N–H and O–H groups in total. The van der Waals surface area contributed by atoms with Crippen molar-refractivity contribution >= 4 is 55.1 Å². The zero-order chi connectivity index (χ0) is 24.8. The van der Waals surface area contributed by atoms with Crippen molar-refractivity contribution in [3.63, 3.8) is 0 Å². The summed E-state index contributed by atoms with van der Waals surface area (Å²) >= 11 is 9.65. The maximum Gasteiger partial charge on any atom is 0.244 e. The quantitative estimate of drug-likeness (QED) is 0.474. The number of hydrogen-bond donors (Lipinski definition) is 1. The summed E-state index contributed by atoms with van der Waals surface area (Å²) in [5.74, 6) is -0.809. The van der Waals surface area contributed by atoms with Gasteiger partial charge in [-0.25, -0.2) is 8.42 Å². The summed E-state index contributed by atoms with van der Waals surface area (Å²) in [6.07, 6.45) is 1.40. The molecule has 0 fully saturated rings. The third-order valence-corrected chi connectivity index (χ3v) is 6.95. The normalized spacial score (nSPS) is 12.3. The van der Waals surface area contributed by atoms with E-state index >= 15 is 0 Å². The van der Waals surface area contributed by atoms with Gasteiger partial charge in [0.2, 0.25) is 21.8 Å². The van der Waals surface area contributed by atoms with E-state index in [4.69, 9.17) is 11.6 Å². The molecule has 2 rings (SSSR count). The van der Waals surface area contributed by atoms with Gasteiger partial charge in [0.1, 0.15) is 12.6 Å². The van der Waals surface area contributed by atoms with Crippen molar-refractivity contribution in [1.29, 1.82) is 0 Å². The molecular weight excluding hydrogens is 530 g/mol. The molecule has 0 unspecified atom stereocenters. The van der Waals surface area contributed by atoms with Crippen LogP contribution in [0, 0.1) is 0 Å². The fourth-order valence-electron chi connectivity index (χ4n) is 3.33. The lowest BCUT2D eigenvalue weighted by molar-refractivity contribution is -0.140. The largest absolute Gasteiger partial charge is 0.352 e. The van der Waals surface area contributed by atoms with Gasteiger partial charge in [0, 0.05) is 22.1 Å². The lowest BCUT2D eigenvalue weighted by atomic mass is 10.1. The van der Waals surface area contributed by atoms with Gasteiger partial charge in [0.15, 0.2) is 0 Å². The predicted molar refractivity (Wildman–Crippen MR) is 136 cm³/mol. The molecule has 0 aliphatic heterocycles. The van der Waals surface area contributed by atoms with Gasteiger partial charge in [-0.3, -0.25) is 13.9 Å². The first kappa shape index (κ1) is 27.1. The van der Waals surface area contributed by atoms with Crippen molar-refractivity contribution in [3.05, 3.63) is 63.6 Å². The summed E-state index contributed by atoms with van der Waals surface area (Å²) in [4.78, 5) is 27.9. The highest BCUT2D eigenvalue weighted by Crippen LogP contribution is 2.23. The molecule has 0 aliphatic rings. The monoisotopic (exact) mass is 557 g/mol. The summed E-state index contributed by atoms with van der Waals surface area (Å²) in [5, 5.41) is 3.31. The molecule has 2 aromatic rings. The number of hydrogen-bond acceptors (Lipinski definition) is 4. The lowest BCUT2D eigenvalue weighted by Gasteiger charge is -2.33. The van der Waals surface area contributed by atoms with E-state index < -0.39 is 28.5 Å². The van der Waals surface area contributed by atoms with Crippen LogP contribution in [0.25, 0.3) is 0 Å². The van der Waals surface area contributed by atoms with E-state index in [1.807, 2.05) is 13.8 Å². The van der Waals surface area contributed by atoms with Crippen molar-refractivity contribution in [3.8, 4) is 0 Å². The van der Waals surface area contributed by atoms with Gasteiger partial charge >= 0.3 is 0 Å².